The second-order valence-corrected chi connectivity index (χ2v) is 8.14. The molecule has 2 aromatic carbocycles. The van der Waals surface area contributed by atoms with E-state index >= 15 is 0 Å². The van der Waals surface area contributed by atoms with Gasteiger partial charge < -0.3 is 9.90 Å². The van der Waals surface area contributed by atoms with Crippen molar-refractivity contribution in [3.05, 3.63) is 60.2 Å². The van der Waals surface area contributed by atoms with E-state index in [2.05, 4.69) is 4.72 Å². The Morgan fingerprint density at radius 3 is 2.15 bits per heavy atom. The number of hydrogen-bond acceptors (Lipinski definition) is 6. The average molecular weight is 404 g/mol. The molecule has 3 N–H and O–H groups in total. The SMILES string of the molecule is NS(=O)(=O)c1cccc(NS(=O)(=O)c2ccc(/C=C/C(=O)[O-])cc2)c1.[Na+]. The van der Waals surface area contributed by atoms with E-state index in [1.165, 1.54) is 48.5 Å². The zero-order valence-corrected chi connectivity index (χ0v) is 17.2. The number of sulfonamides is 2. The Morgan fingerprint density at radius 1 is 1.00 bits per heavy atom. The Balaban J connectivity index is 0.00000338. The van der Waals surface area contributed by atoms with E-state index in [9.17, 15) is 26.7 Å². The first kappa shape index (κ1) is 22.4. The van der Waals surface area contributed by atoms with E-state index in [-0.39, 0.29) is 45.0 Å². The minimum absolute atomic E-state index is 0. The van der Waals surface area contributed by atoms with Crippen molar-refractivity contribution in [1.82, 2.24) is 0 Å². The zero-order valence-electron chi connectivity index (χ0n) is 13.6. The number of carboxylic acid groups (broad SMARTS) is 1. The Kier molecular flexibility index (Phi) is 7.57. The normalized spacial score (nSPS) is 11.7. The number of carbonyl (C=O) groups excluding carboxylic acids is 1. The second-order valence-electron chi connectivity index (χ2n) is 4.90. The van der Waals surface area contributed by atoms with Gasteiger partial charge in [-0.3, -0.25) is 4.72 Å². The molecule has 132 valence electrons. The molecule has 2 rings (SSSR count). The molecule has 0 heterocycles. The summed E-state index contributed by atoms with van der Waals surface area (Å²) in [4.78, 5) is 10.0. The van der Waals surface area contributed by atoms with E-state index in [1.54, 1.807) is 0 Å². The van der Waals surface area contributed by atoms with E-state index in [0.717, 1.165) is 12.1 Å². The smallest absolute Gasteiger partial charge is 0.545 e. The first-order valence-corrected chi connectivity index (χ1v) is 9.76. The molecule has 2 aromatic rings. The molecule has 0 amide bonds. The summed E-state index contributed by atoms with van der Waals surface area (Å²) < 4.78 is 49.5. The van der Waals surface area contributed by atoms with E-state index in [1.807, 2.05) is 0 Å². The first-order chi connectivity index (χ1) is 11.6. The Bertz CT molecular complexity index is 1030. The summed E-state index contributed by atoms with van der Waals surface area (Å²) in [5.41, 5.74) is 0.506. The van der Waals surface area contributed by atoms with Crippen molar-refractivity contribution in [3.8, 4) is 0 Å². The van der Waals surface area contributed by atoms with Crippen LogP contribution in [0.2, 0.25) is 0 Å². The number of nitrogens with two attached hydrogens (primary N) is 1. The van der Waals surface area contributed by atoms with Crippen LogP contribution in [0.4, 0.5) is 5.69 Å². The molecule has 0 saturated heterocycles. The van der Waals surface area contributed by atoms with Gasteiger partial charge in [0.15, 0.2) is 0 Å². The van der Waals surface area contributed by atoms with Crippen LogP contribution in [0, 0.1) is 0 Å². The Labute approximate surface area is 173 Å². The van der Waals surface area contributed by atoms with Crippen LogP contribution in [-0.4, -0.2) is 22.8 Å². The maximum Gasteiger partial charge on any atom is 1.00 e. The van der Waals surface area contributed by atoms with Crippen molar-refractivity contribution in [1.29, 1.82) is 0 Å². The van der Waals surface area contributed by atoms with Crippen molar-refractivity contribution in [2.45, 2.75) is 9.79 Å². The molecule has 0 aliphatic rings. The van der Waals surface area contributed by atoms with Gasteiger partial charge in [0.25, 0.3) is 10.0 Å². The number of hydrogen-bond donors (Lipinski definition) is 2. The van der Waals surface area contributed by atoms with Crippen LogP contribution in [-0.2, 0) is 24.8 Å². The largest absolute Gasteiger partial charge is 1.00 e. The fraction of sp³-hybridized carbons (Fsp3) is 0. The molecule has 0 unspecified atom stereocenters. The van der Waals surface area contributed by atoms with Crippen molar-refractivity contribution >= 4 is 37.8 Å². The molecule has 0 saturated carbocycles. The summed E-state index contributed by atoms with van der Waals surface area (Å²) in [6.07, 6.45) is 2.08. The quantitative estimate of drug-likeness (QED) is 0.385. The summed E-state index contributed by atoms with van der Waals surface area (Å²) in [6, 6.07) is 10.5. The third-order valence-electron chi connectivity index (χ3n) is 3.02. The van der Waals surface area contributed by atoms with E-state index in [0.29, 0.717) is 5.56 Å². The van der Waals surface area contributed by atoms with Crippen molar-refractivity contribution < 1.29 is 56.3 Å². The summed E-state index contributed by atoms with van der Waals surface area (Å²) in [5.74, 6) is -1.37. The van der Waals surface area contributed by atoms with Gasteiger partial charge in [0.1, 0.15) is 0 Å². The van der Waals surface area contributed by atoms with Crippen molar-refractivity contribution in [2.75, 3.05) is 4.72 Å². The van der Waals surface area contributed by atoms with Gasteiger partial charge in [0.05, 0.1) is 21.4 Å². The molecule has 0 aliphatic heterocycles. The van der Waals surface area contributed by atoms with Gasteiger partial charge in [0.2, 0.25) is 10.0 Å². The molecule has 8 nitrogen and oxygen atoms in total. The predicted molar refractivity (Wildman–Crippen MR) is 89.1 cm³/mol. The summed E-state index contributed by atoms with van der Waals surface area (Å²) in [6.45, 7) is 0. The molecule has 0 aromatic heterocycles. The molecule has 0 radical (unpaired) electrons. The number of benzene rings is 2. The monoisotopic (exact) mass is 404 g/mol. The standard InChI is InChI=1S/C15H14N2O6S2.Na/c16-24(20,21)14-3-1-2-12(10-14)17-25(22,23)13-7-4-11(5-8-13)6-9-15(18)19;/h1-10,17H,(H,18,19)(H2,16,20,21);/q;+1/p-1/b9-6+;. The van der Waals surface area contributed by atoms with Crippen LogP contribution < -0.4 is 44.5 Å². The predicted octanol–water partition coefficient (Wildman–Crippen LogP) is -3.10. The fourth-order valence-corrected chi connectivity index (χ4v) is 3.48. The zero-order chi connectivity index (χ0) is 18.7. The molecule has 0 atom stereocenters. The van der Waals surface area contributed by atoms with Gasteiger partial charge in [-0.05, 0) is 42.0 Å². The van der Waals surface area contributed by atoms with Crippen LogP contribution in [0.15, 0.2) is 64.4 Å². The summed E-state index contributed by atoms with van der Waals surface area (Å²) in [5, 5.41) is 15.4. The minimum atomic E-state index is -3.96. The molecule has 0 aliphatic carbocycles. The third-order valence-corrected chi connectivity index (χ3v) is 5.33. The third kappa shape index (κ3) is 6.24. The molecule has 0 bridgehead atoms. The molecule has 11 heteroatoms. The number of carboxylic acids is 1. The van der Waals surface area contributed by atoms with E-state index < -0.39 is 26.0 Å². The van der Waals surface area contributed by atoms with Gasteiger partial charge in [-0.25, -0.2) is 22.0 Å². The van der Waals surface area contributed by atoms with Crippen LogP contribution >= 0.6 is 0 Å². The van der Waals surface area contributed by atoms with Gasteiger partial charge in [-0.2, -0.15) is 0 Å². The van der Waals surface area contributed by atoms with Gasteiger partial charge in [-0.15, -0.1) is 0 Å². The maximum atomic E-state index is 12.3. The van der Waals surface area contributed by atoms with Crippen LogP contribution in [0.1, 0.15) is 5.56 Å². The van der Waals surface area contributed by atoms with Crippen LogP contribution in [0.25, 0.3) is 6.08 Å². The molecule has 26 heavy (non-hydrogen) atoms. The molecular weight excluding hydrogens is 391 g/mol. The van der Waals surface area contributed by atoms with Crippen LogP contribution in [0.3, 0.4) is 0 Å². The first-order valence-electron chi connectivity index (χ1n) is 6.73. The Hall–Kier alpha value is -1.69. The average Bonchev–Trinajstić information content (AvgIpc) is 2.52. The summed E-state index contributed by atoms with van der Waals surface area (Å²) in [7, 11) is -7.92. The minimum Gasteiger partial charge on any atom is -0.545 e. The van der Waals surface area contributed by atoms with Crippen LogP contribution in [0.5, 0.6) is 0 Å². The van der Waals surface area contributed by atoms with Crippen molar-refractivity contribution in [3.63, 3.8) is 0 Å². The number of aliphatic carboxylic acids is 1. The maximum absolute atomic E-state index is 12.3. The van der Waals surface area contributed by atoms with E-state index in [4.69, 9.17) is 5.14 Å². The van der Waals surface area contributed by atoms with Gasteiger partial charge >= 0.3 is 29.6 Å². The molecule has 0 fully saturated rings. The second kappa shape index (κ2) is 8.80. The number of primary sulfonamides is 1. The number of carbonyl (C=O) groups is 1. The van der Waals surface area contributed by atoms with Gasteiger partial charge in [0, 0.05) is 0 Å². The summed E-state index contributed by atoms with van der Waals surface area (Å²) >= 11 is 0. The van der Waals surface area contributed by atoms with Crippen molar-refractivity contribution in [2.24, 2.45) is 5.14 Å². The number of rotatable bonds is 6. The topological polar surface area (TPSA) is 146 Å². The number of nitrogens with one attached hydrogen (secondary N) is 1. The molecule has 0 spiro atoms. The Morgan fingerprint density at radius 2 is 1.62 bits per heavy atom. The van der Waals surface area contributed by atoms with Gasteiger partial charge in [-0.1, -0.05) is 24.3 Å². The number of anilines is 1. The molecular formula is C15H13N2NaO6S2. The fourth-order valence-electron chi connectivity index (χ4n) is 1.87.